The second kappa shape index (κ2) is 4.78. The van der Waals surface area contributed by atoms with Crippen molar-refractivity contribution in [1.29, 1.82) is 0 Å². The van der Waals surface area contributed by atoms with Gasteiger partial charge in [-0.1, -0.05) is 0 Å². The fourth-order valence-electron chi connectivity index (χ4n) is 2.49. The summed E-state index contributed by atoms with van der Waals surface area (Å²) < 4.78 is 1.88. The summed E-state index contributed by atoms with van der Waals surface area (Å²) >= 11 is 0. The second-order valence-corrected chi connectivity index (χ2v) is 5.83. The standard InChI is InChI=1S/C13H24N4/c1-11-5-7-14-13(2,3)10-17(11)9-12-6-8-16(4)15-12/h6,8,11,14H,5,7,9-10H2,1-4H3. The summed E-state index contributed by atoms with van der Waals surface area (Å²) in [6.45, 7) is 9.99. The Morgan fingerprint density at radius 1 is 1.53 bits per heavy atom. The van der Waals surface area contributed by atoms with Gasteiger partial charge >= 0.3 is 0 Å². The van der Waals surface area contributed by atoms with Crippen LogP contribution in [0.2, 0.25) is 0 Å². The molecule has 1 N–H and O–H groups in total. The summed E-state index contributed by atoms with van der Waals surface area (Å²) in [5.41, 5.74) is 1.36. The Kier molecular flexibility index (Phi) is 3.54. The van der Waals surface area contributed by atoms with E-state index in [0.717, 1.165) is 25.3 Å². The number of nitrogens with zero attached hydrogens (tertiary/aromatic N) is 3. The Balaban J connectivity index is 2.06. The molecule has 2 rings (SSSR count). The van der Waals surface area contributed by atoms with Gasteiger partial charge in [-0.15, -0.1) is 0 Å². The zero-order valence-electron chi connectivity index (χ0n) is 11.4. The molecule has 1 aliphatic heterocycles. The Labute approximate surface area is 104 Å². The van der Waals surface area contributed by atoms with Crippen molar-refractivity contribution >= 4 is 0 Å². The van der Waals surface area contributed by atoms with E-state index in [2.05, 4.69) is 42.2 Å². The van der Waals surface area contributed by atoms with E-state index < -0.39 is 0 Å². The van der Waals surface area contributed by atoms with E-state index >= 15 is 0 Å². The molecule has 2 heterocycles. The quantitative estimate of drug-likeness (QED) is 0.842. The fourth-order valence-corrected chi connectivity index (χ4v) is 2.49. The number of hydrogen-bond donors (Lipinski definition) is 1. The Morgan fingerprint density at radius 2 is 2.29 bits per heavy atom. The molecule has 1 unspecified atom stereocenters. The minimum Gasteiger partial charge on any atom is -0.310 e. The van der Waals surface area contributed by atoms with Crippen molar-refractivity contribution in [3.8, 4) is 0 Å². The third kappa shape index (κ3) is 3.30. The van der Waals surface area contributed by atoms with Crippen LogP contribution < -0.4 is 5.32 Å². The average Bonchev–Trinajstić information content (AvgIpc) is 2.56. The second-order valence-electron chi connectivity index (χ2n) is 5.83. The number of rotatable bonds is 2. The highest BCUT2D eigenvalue weighted by atomic mass is 15.3. The maximum atomic E-state index is 4.47. The van der Waals surface area contributed by atoms with E-state index in [1.54, 1.807) is 0 Å². The van der Waals surface area contributed by atoms with Gasteiger partial charge in [0.15, 0.2) is 0 Å². The van der Waals surface area contributed by atoms with E-state index in [9.17, 15) is 0 Å². The maximum Gasteiger partial charge on any atom is 0.0764 e. The predicted molar refractivity (Wildman–Crippen MR) is 69.8 cm³/mol. The van der Waals surface area contributed by atoms with Crippen molar-refractivity contribution in [2.24, 2.45) is 7.05 Å². The van der Waals surface area contributed by atoms with Gasteiger partial charge in [0, 0.05) is 37.9 Å². The first-order chi connectivity index (χ1) is 7.96. The Hall–Kier alpha value is -0.870. The molecule has 96 valence electrons. The number of hydrogen-bond acceptors (Lipinski definition) is 3. The average molecular weight is 236 g/mol. The molecule has 0 aliphatic carbocycles. The summed E-state index contributed by atoms with van der Waals surface area (Å²) in [4.78, 5) is 2.53. The lowest BCUT2D eigenvalue weighted by Crippen LogP contribution is -2.47. The number of nitrogens with one attached hydrogen (secondary N) is 1. The lowest BCUT2D eigenvalue weighted by atomic mass is 10.1. The van der Waals surface area contributed by atoms with Gasteiger partial charge in [-0.05, 0) is 39.8 Å². The van der Waals surface area contributed by atoms with Crippen LogP contribution in [0.15, 0.2) is 12.3 Å². The molecule has 0 aromatic carbocycles. The van der Waals surface area contributed by atoms with E-state index in [-0.39, 0.29) is 5.54 Å². The molecule has 0 amide bonds. The molecule has 0 bridgehead atoms. The van der Waals surface area contributed by atoms with Crippen LogP contribution in [-0.4, -0.2) is 39.4 Å². The van der Waals surface area contributed by atoms with Crippen LogP contribution >= 0.6 is 0 Å². The molecule has 1 fully saturated rings. The first-order valence-electron chi connectivity index (χ1n) is 6.44. The van der Waals surface area contributed by atoms with E-state index in [1.165, 1.54) is 6.42 Å². The van der Waals surface area contributed by atoms with E-state index in [1.807, 2.05) is 17.9 Å². The first kappa shape index (κ1) is 12.6. The van der Waals surface area contributed by atoms with Crippen LogP contribution in [0.1, 0.15) is 32.9 Å². The molecule has 1 aliphatic rings. The minimum absolute atomic E-state index is 0.194. The van der Waals surface area contributed by atoms with Gasteiger partial charge in [-0.3, -0.25) is 9.58 Å². The number of aryl methyl sites for hydroxylation is 1. The monoisotopic (exact) mass is 236 g/mol. The molecule has 4 heteroatoms. The third-order valence-electron chi connectivity index (χ3n) is 3.52. The molecule has 0 saturated carbocycles. The third-order valence-corrected chi connectivity index (χ3v) is 3.52. The SMILES string of the molecule is CC1CCNC(C)(C)CN1Cc1ccn(C)n1. The summed E-state index contributed by atoms with van der Waals surface area (Å²) in [6, 6.07) is 2.73. The molecule has 0 spiro atoms. The fraction of sp³-hybridized carbons (Fsp3) is 0.769. The summed E-state index contributed by atoms with van der Waals surface area (Å²) in [6.07, 6.45) is 3.22. The van der Waals surface area contributed by atoms with Crippen LogP contribution in [0.5, 0.6) is 0 Å². The Bertz CT molecular complexity index is 369. The van der Waals surface area contributed by atoms with Gasteiger partial charge < -0.3 is 5.32 Å². The minimum atomic E-state index is 0.194. The largest absolute Gasteiger partial charge is 0.310 e. The summed E-state index contributed by atoms with van der Waals surface area (Å²) in [5.74, 6) is 0. The van der Waals surface area contributed by atoms with Crippen molar-refractivity contribution in [3.63, 3.8) is 0 Å². The van der Waals surface area contributed by atoms with Crippen LogP contribution in [-0.2, 0) is 13.6 Å². The molecule has 1 atom stereocenters. The zero-order valence-corrected chi connectivity index (χ0v) is 11.4. The van der Waals surface area contributed by atoms with E-state index in [0.29, 0.717) is 6.04 Å². The van der Waals surface area contributed by atoms with Gasteiger partial charge in [0.05, 0.1) is 5.69 Å². The molecular formula is C13H24N4. The van der Waals surface area contributed by atoms with Gasteiger partial charge in [-0.25, -0.2) is 0 Å². The molecule has 0 radical (unpaired) electrons. The maximum absolute atomic E-state index is 4.47. The highest BCUT2D eigenvalue weighted by Gasteiger charge is 2.28. The molecular weight excluding hydrogens is 212 g/mol. The van der Waals surface area contributed by atoms with Gasteiger partial charge in [0.1, 0.15) is 0 Å². The molecule has 1 aromatic heterocycles. The topological polar surface area (TPSA) is 33.1 Å². The lowest BCUT2D eigenvalue weighted by molar-refractivity contribution is 0.171. The first-order valence-corrected chi connectivity index (χ1v) is 6.44. The molecule has 1 saturated heterocycles. The Morgan fingerprint density at radius 3 is 2.94 bits per heavy atom. The highest BCUT2D eigenvalue weighted by molar-refractivity contribution is 5.00. The van der Waals surface area contributed by atoms with Crippen LogP contribution in [0.25, 0.3) is 0 Å². The van der Waals surface area contributed by atoms with Crippen LogP contribution in [0, 0.1) is 0 Å². The molecule has 17 heavy (non-hydrogen) atoms. The van der Waals surface area contributed by atoms with Crippen molar-refractivity contribution < 1.29 is 0 Å². The van der Waals surface area contributed by atoms with Crippen LogP contribution in [0.4, 0.5) is 0 Å². The van der Waals surface area contributed by atoms with Crippen LogP contribution in [0.3, 0.4) is 0 Å². The van der Waals surface area contributed by atoms with Crippen molar-refractivity contribution in [2.75, 3.05) is 13.1 Å². The van der Waals surface area contributed by atoms with Gasteiger partial charge in [0.2, 0.25) is 0 Å². The zero-order chi connectivity index (χ0) is 12.5. The van der Waals surface area contributed by atoms with Gasteiger partial charge in [0.25, 0.3) is 0 Å². The number of aromatic nitrogens is 2. The van der Waals surface area contributed by atoms with E-state index in [4.69, 9.17) is 0 Å². The van der Waals surface area contributed by atoms with Gasteiger partial charge in [-0.2, -0.15) is 5.10 Å². The molecule has 4 nitrogen and oxygen atoms in total. The summed E-state index contributed by atoms with van der Waals surface area (Å²) in [5, 5.41) is 8.08. The van der Waals surface area contributed by atoms with Crippen molar-refractivity contribution in [1.82, 2.24) is 20.0 Å². The highest BCUT2D eigenvalue weighted by Crippen LogP contribution is 2.17. The summed E-state index contributed by atoms with van der Waals surface area (Å²) in [7, 11) is 1.97. The van der Waals surface area contributed by atoms with Crippen molar-refractivity contribution in [3.05, 3.63) is 18.0 Å². The van der Waals surface area contributed by atoms with Crippen molar-refractivity contribution in [2.45, 2.75) is 45.3 Å². The molecule has 1 aromatic rings. The smallest absolute Gasteiger partial charge is 0.0764 e. The predicted octanol–water partition coefficient (Wildman–Crippen LogP) is 1.38. The normalized spacial score (nSPS) is 25.8. The lowest BCUT2D eigenvalue weighted by Gasteiger charge is -2.32.